The zero-order valence-electron chi connectivity index (χ0n) is 14.8. The lowest BCUT2D eigenvalue weighted by atomic mass is 9.92. The third kappa shape index (κ3) is 3.46. The summed E-state index contributed by atoms with van der Waals surface area (Å²) in [6.45, 7) is 7.93. The first kappa shape index (κ1) is 19.2. The Morgan fingerprint density at radius 1 is 1.42 bits per heavy atom. The van der Waals surface area contributed by atoms with Crippen molar-refractivity contribution in [3.8, 4) is 0 Å². The van der Waals surface area contributed by atoms with Gasteiger partial charge in [-0.2, -0.15) is 5.10 Å². The van der Waals surface area contributed by atoms with E-state index in [2.05, 4.69) is 18.9 Å². The number of carbonyl (C=O) groups excluding carboxylic acids is 1. The predicted octanol–water partition coefficient (Wildman–Crippen LogP) is 3.38. The average Bonchev–Trinajstić information content (AvgIpc) is 3.07. The van der Waals surface area contributed by atoms with Crippen molar-refractivity contribution in [2.75, 3.05) is 13.1 Å². The third-order valence-electron chi connectivity index (χ3n) is 4.79. The number of hydrogen-bond donors (Lipinski definition) is 1. The highest BCUT2D eigenvalue weighted by molar-refractivity contribution is 7.20. The standard InChI is InChI=1S/C17H26N4OS.ClH/c1-10(2)15-13-8-14(23-17(13)20(4)19-15)16(22)21-7-5-6-12(9-21)11(3)18;/h8,10-12H,5-7,9,18H2,1-4H3;1H. The number of aromatic nitrogens is 2. The molecule has 0 spiro atoms. The van der Waals surface area contributed by atoms with Gasteiger partial charge in [0.1, 0.15) is 4.83 Å². The first-order valence-electron chi connectivity index (χ1n) is 8.39. The summed E-state index contributed by atoms with van der Waals surface area (Å²) in [4.78, 5) is 16.8. The molecule has 2 atom stereocenters. The van der Waals surface area contributed by atoms with Crippen molar-refractivity contribution in [1.29, 1.82) is 0 Å². The Hall–Kier alpha value is -1.11. The minimum absolute atomic E-state index is 0. The van der Waals surface area contributed by atoms with E-state index in [0.717, 1.165) is 46.7 Å². The number of likely N-dealkylation sites (tertiary alicyclic amines) is 1. The smallest absolute Gasteiger partial charge is 0.264 e. The number of amides is 1. The number of hydrogen-bond acceptors (Lipinski definition) is 4. The summed E-state index contributed by atoms with van der Waals surface area (Å²) in [7, 11) is 1.95. The lowest BCUT2D eigenvalue weighted by Gasteiger charge is -2.34. The molecule has 2 unspecified atom stereocenters. The van der Waals surface area contributed by atoms with Crippen LogP contribution in [0.3, 0.4) is 0 Å². The number of thiophene rings is 1. The van der Waals surface area contributed by atoms with Crippen LogP contribution in [-0.2, 0) is 7.05 Å². The molecule has 1 fully saturated rings. The second-order valence-electron chi connectivity index (χ2n) is 7.01. The zero-order chi connectivity index (χ0) is 16.7. The molecule has 1 saturated heterocycles. The quantitative estimate of drug-likeness (QED) is 0.900. The van der Waals surface area contributed by atoms with Crippen LogP contribution in [0.1, 0.15) is 54.9 Å². The maximum absolute atomic E-state index is 12.9. The van der Waals surface area contributed by atoms with Crippen molar-refractivity contribution in [2.45, 2.75) is 45.6 Å². The van der Waals surface area contributed by atoms with E-state index in [4.69, 9.17) is 5.73 Å². The van der Waals surface area contributed by atoms with Crippen LogP contribution in [-0.4, -0.2) is 39.7 Å². The minimum Gasteiger partial charge on any atom is -0.338 e. The molecule has 3 rings (SSSR count). The number of fused-ring (bicyclic) bond motifs is 1. The minimum atomic E-state index is 0. The number of piperidine rings is 1. The van der Waals surface area contributed by atoms with Crippen LogP contribution in [0.5, 0.6) is 0 Å². The number of aryl methyl sites for hydroxylation is 1. The average molecular weight is 371 g/mol. The highest BCUT2D eigenvalue weighted by atomic mass is 35.5. The monoisotopic (exact) mass is 370 g/mol. The van der Waals surface area contributed by atoms with Crippen LogP contribution >= 0.6 is 23.7 Å². The van der Waals surface area contributed by atoms with E-state index >= 15 is 0 Å². The van der Waals surface area contributed by atoms with Gasteiger partial charge < -0.3 is 10.6 Å². The van der Waals surface area contributed by atoms with Crippen molar-refractivity contribution in [3.63, 3.8) is 0 Å². The summed E-state index contributed by atoms with van der Waals surface area (Å²) in [5.74, 6) is 0.912. The van der Waals surface area contributed by atoms with Gasteiger partial charge in [-0.3, -0.25) is 9.48 Å². The number of nitrogens with two attached hydrogens (primary N) is 1. The molecule has 134 valence electrons. The Labute approximate surface area is 153 Å². The molecule has 0 aliphatic carbocycles. The van der Waals surface area contributed by atoms with Gasteiger partial charge in [-0.05, 0) is 37.7 Å². The Bertz CT molecular complexity index is 722. The zero-order valence-corrected chi connectivity index (χ0v) is 16.4. The maximum Gasteiger partial charge on any atom is 0.264 e. The van der Waals surface area contributed by atoms with Crippen molar-refractivity contribution in [3.05, 3.63) is 16.6 Å². The second-order valence-corrected chi connectivity index (χ2v) is 8.04. The summed E-state index contributed by atoms with van der Waals surface area (Å²) in [5, 5.41) is 5.70. The number of nitrogens with zero attached hydrogens (tertiary/aromatic N) is 3. The predicted molar refractivity (Wildman–Crippen MR) is 102 cm³/mol. The van der Waals surface area contributed by atoms with E-state index in [9.17, 15) is 4.79 Å². The molecule has 24 heavy (non-hydrogen) atoms. The Balaban J connectivity index is 0.00000208. The summed E-state index contributed by atoms with van der Waals surface area (Å²) in [6.07, 6.45) is 2.16. The molecule has 1 amide bonds. The molecular weight excluding hydrogens is 344 g/mol. The fraction of sp³-hybridized carbons (Fsp3) is 0.647. The van der Waals surface area contributed by atoms with Crippen LogP contribution in [0.2, 0.25) is 0 Å². The first-order chi connectivity index (χ1) is 10.9. The molecular formula is C17H27ClN4OS. The van der Waals surface area contributed by atoms with Gasteiger partial charge in [0.05, 0.1) is 10.6 Å². The Morgan fingerprint density at radius 2 is 2.12 bits per heavy atom. The van der Waals surface area contributed by atoms with Gasteiger partial charge in [-0.1, -0.05) is 13.8 Å². The summed E-state index contributed by atoms with van der Waals surface area (Å²) < 4.78 is 1.90. The summed E-state index contributed by atoms with van der Waals surface area (Å²) in [6, 6.07) is 2.17. The molecule has 7 heteroatoms. The Kier molecular flexibility index (Phi) is 5.94. The van der Waals surface area contributed by atoms with Crippen LogP contribution in [0.15, 0.2) is 6.07 Å². The van der Waals surface area contributed by atoms with Crippen molar-refractivity contribution in [2.24, 2.45) is 18.7 Å². The van der Waals surface area contributed by atoms with E-state index in [-0.39, 0.29) is 24.4 Å². The first-order valence-corrected chi connectivity index (χ1v) is 9.21. The molecule has 0 aromatic carbocycles. The molecule has 2 N–H and O–H groups in total. The lowest BCUT2D eigenvalue weighted by molar-refractivity contribution is 0.0666. The molecule has 1 aliphatic rings. The number of rotatable bonds is 3. The number of carbonyl (C=O) groups is 1. The van der Waals surface area contributed by atoms with Crippen LogP contribution in [0.4, 0.5) is 0 Å². The fourth-order valence-electron chi connectivity index (χ4n) is 3.38. The molecule has 1 aliphatic heterocycles. The number of halogens is 1. The third-order valence-corrected chi connectivity index (χ3v) is 5.98. The van der Waals surface area contributed by atoms with Gasteiger partial charge in [0.2, 0.25) is 0 Å². The molecule has 5 nitrogen and oxygen atoms in total. The van der Waals surface area contributed by atoms with Crippen molar-refractivity contribution in [1.82, 2.24) is 14.7 Å². The second kappa shape index (κ2) is 7.42. The molecule has 0 saturated carbocycles. The topological polar surface area (TPSA) is 64.2 Å². The molecule has 0 radical (unpaired) electrons. The van der Waals surface area contributed by atoms with Gasteiger partial charge >= 0.3 is 0 Å². The van der Waals surface area contributed by atoms with E-state index < -0.39 is 0 Å². The fourth-order valence-corrected chi connectivity index (χ4v) is 4.43. The molecule has 3 heterocycles. The van der Waals surface area contributed by atoms with Gasteiger partial charge in [0, 0.05) is 31.6 Å². The van der Waals surface area contributed by atoms with E-state index in [1.165, 1.54) is 0 Å². The highest BCUT2D eigenvalue weighted by Gasteiger charge is 2.28. The van der Waals surface area contributed by atoms with E-state index in [1.807, 2.05) is 29.6 Å². The van der Waals surface area contributed by atoms with Crippen LogP contribution in [0.25, 0.3) is 10.2 Å². The van der Waals surface area contributed by atoms with Gasteiger partial charge in [0.15, 0.2) is 0 Å². The lowest BCUT2D eigenvalue weighted by Crippen LogP contribution is -2.44. The highest BCUT2D eigenvalue weighted by Crippen LogP contribution is 2.32. The largest absolute Gasteiger partial charge is 0.338 e. The van der Waals surface area contributed by atoms with Gasteiger partial charge in [0.25, 0.3) is 5.91 Å². The summed E-state index contributed by atoms with van der Waals surface area (Å²) in [5.41, 5.74) is 7.11. The SMILES string of the molecule is CC(C)c1nn(C)c2sc(C(=O)N3CCCC(C(C)N)C3)cc12.Cl. The molecule has 2 aromatic heterocycles. The van der Waals surface area contributed by atoms with E-state index in [1.54, 1.807) is 11.3 Å². The Morgan fingerprint density at radius 3 is 2.75 bits per heavy atom. The van der Waals surface area contributed by atoms with Crippen molar-refractivity contribution >= 4 is 39.9 Å². The van der Waals surface area contributed by atoms with Crippen LogP contribution in [0, 0.1) is 5.92 Å². The van der Waals surface area contributed by atoms with E-state index in [0.29, 0.717) is 11.8 Å². The molecule has 2 aromatic rings. The summed E-state index contributed by atoms with van der Waals surface area (Å²) >= 11 is 1.55. The van der Waals surface area contributed by atoms with Gasteiger partial charge in [-0.15, -0.1) is 23.7 Å². The normalized spacial score (nSPS) is 19.6. The van der Waals surface area contributed by atoms with Crippen LogP contribution < -0.4 is 5.73 Å². The van der Waals surface area contributed by atoms with Crippen molar-refractivity contribution < 1.29 is 4.79 Å². The van der Waals surface area contributed by atoms with Gasteiger partial charge in [-0.25, -0.2) is 0 Å². The maximum atomic E-state index is 12.9. The molecule has 0 bridgehead atoms.